The number of fused-ring (bicyclic) bond motifs is 1. The molecule has 3 nitrogen and oxygen atoms in total. The molecule has 0 saturated carbocycles. The number of carbonyl (C=O) groups excluding carboxylic acids is 1. The first-order valence-electron chi connectivity index (χ1n) is 7.16. The van der Waals surface area contributed by atoms with Crippen molar-refractivity contribution in [3.63, 3.8) is 0 Å². The minimum Gasteiger partial charge on any atom is -0.489 e. The summed E-state index contributed by atoms with van der Waals surface area (Å²) in [5.41, 5.74) is 3.22. The average Bonchev–Trinajstić information content (AvgIpc) is 2.69. The van der Waals surface area contributed by atoms with E-state index < -0.39 is 0 Å². The van der Waals surface area contributed by atoms with Crippen LogP contribution in [-0.2, 0) is 22.6 Å². The molecule has 1 aliphatic heterocycles. The Hall–Kier alpha value is -2.29. The van der Waals surface area contributed by atoms with Crippen molar-refractivity contribution >= 4 is 5.97 Å². The van der Waals surface area contributed by atoms with E-state index in [2.05, 4.69) is 31.2 Å². The minimum atomic E-state index is -0.172. The van der Waals surface area contributed by atoms with Crippen molar-refractivity contribution in [3.05, 3.63) is 65.3 Å². The highest BCUT2D eigenvalue weighted by atomic mass is 16.5. The quantitative estimate of drug-likeness (QED) is 0.798. The third kappa shape index (κ3) is 3.43. The summed E-state index contributed by atoms with van der Waals surface area (Å²) >= 11 is 0. The molecule has 1 unspecified atom stereocenters. The van der Waals surface area contributed by atoms with Crippen LogP contribution in [0.4, 0.5) is 0 Å². The van der Waals surface area contributed by atoms with Gasteiger partial charge in [0.25, 0.3) is 0 Å². The third-order valence-corrected chi connectivity index (χ3v) is 3.62. The van der Waals surface area contributed by atoms with Gasteiger partial charge in [-0.25, -0.2) is 0 Å². The van der Waals surface area contributed by atoms with E-state index in [0.29, 0.717) is 25.6 Å². The van der Waals surface area contributed by atoms with E-state index in [1.54, 1.807) is 0 Å². The number of cyclic esters (lactones) is 1. The number of carbonyl (C=O) groups is 1. The number of hydrogen-bond donors (Lipinski definition) is 0. The van der Waals surface area contributed by atoms with Crippen molar-refractivity contribution in [2.24, 2.45) is 5.92 Å². The topological polar surface area (TPSA) is 35.5 Å². The van der Waals surface area contributed by atoms with Crippen LogP contribution in [0.15, 0.2) is 54.2 Å². The molecular formula is C18H18O3. The van der Waals surface area contributed by atoms with Crippen LogP contribution in [0.1, 0.15) is 18.1 Å². The third-order valence-electron chi connectivity index (χ3n) is 3.62. The van der Waals surface area contributed by atoms with Crippen LogP contribution in [-0.4, -0.2) is 12.6 Å². The Morgan fingerprint density at radius 2 is 2.19 bits per heavy atom. The Morgan fingerprint density at radius 1 is 1.29 bits per heavy atom. The molecule has 0 N–H and O–H groups in total. The molecule has 1 aromatic rings. The smallest absolute Gasteiger partial charge is 0.310 e. The van der Waals surface area contributed by atoms with Gasteiger partial charge in [-0.3, -0.25) is 4.79 Å². The fourth-order valence-corrected chi connectivity index (χ4v) is 2.49. The van der Waals surface area contributed by atoms with Crippen LogP contribution < -0.4 is 4.74 Å². The van der Waals surface area contributed by atoms with Crippen molar-refractivity contribution in [1.29, 1.82) is 0 Å². The van der Waals surface area contributed by atoms with Crippen molar-refractivity contribution in [1.82, 2.24) is 0 Å². The summed E-state index contributed by atoms with van der Waals surface area (Å²) in [5, 5.41) is 0. The molecule has 108 valence electrons. The number of benzene rings is 1. The summed E-state index contributed by atoms with van der Waals surface area (Å²) in [6.07, 6.45) is 10.8. The SMILES string of the molecule is CC1C=CC=CC(COc2ccc3c(c2)CC(=O)OC3)=C1. The Morgan fingerprint density at radius 3 is 3.10 bits per heavy atom. The molecule has 0 saturated heterocycles. The summed E-state index contributed by atoms with van der Waals surface area (Å²) in [4.78, 5) is 11.3. The van der Waals surface area contributed by atoms with E-state index >= 15 is 0 Å². The average molecular weight is 282 g/mol. The van der Waals surface area contributed by atoms with Crippen LogP contribution in [0.3, 0.4) is 0 Å². The Kier molecular flexibility index (Phi) is 3.91. The molecule has 1 heterocycles. The van der Waals surface area contributed by atoms with Gasteiger partial charge < -0.3 is 9.47 Å². The van der Waals surface area contributed by atoms with E-state index in [9.17, 15) is 4.79 Å². The number of rotatable bonds is 3. The molecular weight excluding hydrogens is 264 g/mol. The Labute approximate surface area is 124 Å². The molecule has 3 rings (SSSR count). The number of hydrogen-bond acceptors (Lipinski definition) is 3. The number of allylic oxidation sites excluding steroid dienone is 4. The number of ether oxygens (including phenoxy) is 2. The molecule has 0 radical (unpaired) electrons. The molecule has 0 aromatic heterocycles. The zero-order chi connectivity index (χ0) is 14.7. The van der Waals surface area contributed by atoms with Crippen molar-refractivity contribution in [3.8, 4) is 5.75 Å². The van der Waals surface area contributed by atoms with Gasteiger partial charge in [0.2, 0.25) is 0 Å². The first-order valence-corrected chi connectivity index (χ1v) is 7.16. The highest BCUT2D eigenvalue weighted by Crippen LogP contribution is 2.23. The summed E-state index contributed by atoms with van der Waals surface area (Å²) < 4.78 is 10.9. The highest BCUT2D eigenvalue weighted by Gasteiger charge is 2.17. The standard InChI is InChI=1S/C18H18O3/c1-13-4-2-3-5-14(8-13)11-20-17-7-6-15-12-21-18(19)10-16(15)9-17/h2-9,13H,10-12H2,1H3. The lowest BCUT2D eigenvalue weighted by Gasteiger charge is -2.17. The van der Waals surface area contributed by atoms with Crippen molar-refractivity contribution in [2.45, 2.75) is 20.0 Å². The van der Waals surface area contributed by atoms with Crippen LogP contribution in [0, 0.1) is 5.92 Å². The molecule has 0 fully saturated rings. The van der Waals surface area contributed by atoms with Gasteiger partial charge in [-0.15, -0.1) is 0 Å². The van der Waals surface area contributed by atoms with Crippen LogP contribution >= 0.6 is 0 Å². The van der Waals surface area contributed by atoms with Gasteiger partial charge in [0, 0.05) is 0 Å². The molecule has 0 bridgehead atoms. The Balaban J connectivity index is 1.68. The molecule has 0 amide bonds. The maximum atomic E-state index is 11.3. The molecule has 21 heavy (non-hydrogen) atoms. The van der Waals surface area contributed by atoms with E-state index in [4.69, 9.17) is 9.47 Å². The van der Waals surface area contributed by atoms with Gasteiger partial charge in [-0.1, -0.05) is 43.4 Å². The predicted molar refractivity (Wildman–Crippen MR) is 81.0 cm³/mol. The van der Waals surface area contributed by atoms with Crippen molar-refractivity contribution < 1.29 is 14.3 Å². The van der Waals surface area contributed by atoms with Crippen LogP contribution in [0.5, 0.6) is 5.75 Å². The first-order chi connectivity index (χ1) is 10.2. The Bertz CT molecular complexity index is 638. The molecule has 1 atom stereocenters. The summed E-state index contributed by atoms with van der Waals surface area (Å²) in [5.74, 6) is 1.04. The van der Waals surface area contributed by atoms with E-state index in [1.165, 1.54) is 0 Å². The summed E-state index contributed by atoms with van der Waals surface area (Å²) in [6, 6.07) is 5.84. The van der Waals surface area contributed by atoms with Gasteiger partial charge in [0.05, 0.1) is 6.42 Å². The summed E-state index contributed by atoms with van der Waals surface area (Å²) in [7, 11) is 0. The molecule has 0 spiro atoms. The van der Waals surface area contributed by atoms with E-state index in [0.717, 1.165) is 22.4 Å². The zero-order valence-corrected chi connectivity index (χ0v) is 12.0. The fourth-order valence-electron chi connectivity index (χ4n) is 2.49. The second-order valence-electron chi connectivity index (χ2n) is 5.40. The lowest BCUT2D eigenvalue weighted by molar-refractivity contribution is -0.145. The zero-order valence-electron chi connectivity index (χ0n) is 12.0. The second kappa shape index (κ2) is 6.00. The monoisotopic (exact) mass is 282 g/mol. The maximum absolute atomic E-state index is 11.3. The van der Waals surface area contributed by atoms with Gasteiger partial charge in [0.15, 0.2) is 0 Å². The maximum Gasteiger partial charge on any atom is 0.310 e. The van der Waals surface area contributed by atoms with E-state index in [1.807, 2.05) is 24.3 Å². The normalized spacial score (nSPS) is 20.3. The van der Waals surface area contributed by atoms with Crippen LogP contribution in [0.25, 0.3) is 0 Å². The van der Waals surface area contributed by atoms with Gasteiger partial charge >= 0.3 is 5.97 Å². The highest BCUT2D eigenvalue weighted by molar-refractivity contribution is 5.74. The molecule has 3 heteroatoms. The number of esters is 1. The van der Waals surface area contributed by atoms with Crippen LogP contribution in [0.2, 0.25) is 0 Å². The lowest BCUT2D eigenvalue weighted by atomic mass is 10.0. The minimum absolute atomic E-state index is 0.172. The van der Waals surface area contributed by atoms with E-state index in [-0.39, 0.29) is 5.97 Å². The van der Waals surface area contributed by atoms with Gasteiger partial charge in [-0.2, -0.15) is 0 Å². The molecule has 2 aliphatic rings. The molecule has 1 aliphatic carbocycles. The largest absolute Gasteiger partial charge is 0.489 e. The van der Waals surface area contributed by atoms with Gasteiger partial charge in [0.1, 0.15) is 19.0 Å². The predicted octanol–water partition coefficient (Wildman–Crippen LogP) is 3.35. The molecule has 1 aromatic carbocycles. The first kappa shape index (κ1) is 13.7. The lowest BCUT2D eigenvalue weighted by Crippen LogP contribution is -2.16. The van der Waals surface area contributed by atoms with Gasteiger partial charge in [-0.05, 0) is 34.8 Å². The van der Waals surface area contributed by atoms with Crippen molar-refractivity contribution in [2.75, 3.05) is 6.61 Å². The second-order valence-corrected chi connectivity index (χ2v) is 5.40. The summed E-state index contributed by atoms with van der Waals surface area (Å²) in [6.45, 7) is 3.05. The fraction of sp³-hybridized carbons (Fsp3) is 0.278.